The van der Waals surface area contributed by atoms with E-state index in [0.29, 0.717) is 0 Å². The molecule has 3 aliphatic rings. The van der Waals surface area contributed by atoms with Crippen molar-refractivity contribution < 1.29 is 18.0 Å². The second kappa shape index (κ2) is 60.9. The van der Waals surface area contributed by atoms with Crippen LogP contribution in [-0.4, -0.2) is 97.2 Å². The lowest BCUT2D eigenvalue weighted by Gasteiger charge is -2.24. The molecule has 9 aromatic heterocycles. The number of likely N-dealkylation sites (N-methyl/N-ethyl adjacent to an activating group) is 1. The molecule has 0 N–H and O–H groups in total. The summed E-state index contributed by atoms with van der Waals surface area (Å²) in [5.74, 6) is 0.797. The summed E-state index contributed by atoms with van der Waals surface area (Å²) in [4.78, 5) is 32.4. The molecule has 15 heteroatoms. The average molecular weight is 1350 g/mol. The molecular weight excluding hydrogens is 1240 g/mol. The quantitative estimate of drug-likeness (QED) is 0.163. The number of pyridine rings is 5. The predicted octanol–water partition coefficient (Wildman–Crippen LogP) is 21.4. The third-order valence-electron chi connectivity index (χ3n) is 12.8. The Hall–Kier alpha value is -8.70. The van der Waals surface area contributed by atoms with Crippen LogP contribution < -0.4 is 0 Å². The van der Waals surface area contributed by atoms with Gasteiger partial charge in [0.1, 0.15) is 11.6 Å². The van der Waals surface area contributed by atoms with Gasteiger partial charge in [-0.15, -0.1) is 22.7 Å². The maximum absolute atomic E-state index is 12.1. The minimum atomic E-state index is -0.171. The van der Waals surface area contributed by atoms with Crippen LogP contribution in [0.25, 0.3) is 0 Å². The highest BCUT2D eigenvalue weighted by Crippen LogP contribution is 2.07. The third kappa shape index (κ3) is 57.3. The van der Waals surface area contributed by atoms with Crippen molar-refractivity contribution >= 4 is 22.7 Å². The molecule has 2 aliphatic heterocycles. The fourth-order valence-electron chi connectivity index (χ4n) is 7.32. The molecule has 11 aromatic rings. The van der Waals surface area contributed by atoms with E-state index in [4.69, 9.17) is 13.6 Å². The van der Waals surface area contributed by atoms with E-state index in [1.807, 2.05) is 197 Å². The number of benzene rings is 2. The summed E-state index contributed by atoms with van der Waals surface area (Å²) < 4.78 is 26.8. The number of ether oxygens (including phenoxy) is 1. The zero-order valence-corrected chi connectivity index (χ0v) is 61.5. The molecule has 2 aromatic carbocycles. The van der Waals surface area contributed by atoms with Crippen molar-refractivity contribution in [1.82, 2.24) is 44.7 Å². The minimum absolute atomic E-state index is 0. The van der Waals surface area contributed by atoms with E-state index in [1.54, 1.807) is 103 Å². The highest BCUT2D eigenvalue weighted by molar-refractivity contribution is 7.09. The van der Waals surface area contributed by atoms with Crippen LogP contribution in [0.4, 0.5) is 4.39 Å². The van der Waals surface area contributed by atoms with E-state index in [1.165, 1.54) is 90.1 Å². The Morgan fingerprint density at radius 2 is 0.990 bits per heavy atom. The van der Waals surface area contributed by atoms with Gasteiger partial charge in [0, 0.05) is 97.2 Å². The van der Waals surface area contributed by atoms with Crippen molar-refractivity contribution in [3.8, 4) is 0 Å². The number of aryl methyl sites for hydroxylation is 12. The Bertz CT molecular complexity index is 3020. The zero-order chi connectivity index (χ0) is 70.5. The first-order valence-electron chi connectivity index (χ1n) is 32.6. The van der Waals surface area contributed by atoms with Crippen LogP contribution in [0, 0.1) is 88.9 Å². The minimum Gasteiger partial charge on any atom is -0.472 e. The van der Waals surface area contributed by atoms with E-state index >= 15 is 0 Å². The van der Waals surface area contributed by atoms with Crippen LogP contribution in [0.5, 0.6) is 0 Å². The Kier molecular flexibility index (Phi) is 55.5. The zero-order valence-electron chi connectivity index (χ0n) is 59.9. The second-order valence-corrected chi connectivity index (χ2v) is 24.0. The molecule has 0 bridgehead atoms. The number of allylic oxidation sites excluding steroid dienone is 4. The molecule has 0 saturated carbocycles. The number of morpholine rings is 1. The monoisotopic (exact) mass is 1350 g/mol. The molecule has 0 spiro atoms. The lowest BCUT2D eigenvalue weighted by molar-refractivity contribution is 0.0405. The topological polar surface area (TPSA) is 132 Å². The van der Waals surface area contributed by atoms with Gasteiger partial charge in [-0.05, 0) is 242 Å². The van der Waals surface area contributed by atoms with Gasteiger partial charge in [0.25, 0.3) is 0 Å². The molecule has 14 rings (SSSR count). The average Bonchev–Trinajstić information content (AvgIpc) is 3.96. The Morgan fingerprint density at radius 3 is 1.21 bits per heavy atom. The van der Waals surface area contributed by atoms with Crippen LogP contribution in [-0.2, 0) is 4.74 Å². The van der Waals surface area contributed by atoms with Crippen molar-refractivity contribution in [3.63, 3.8) is 0 Å². The fraction of sp³-hybridized carbons (Fsp3) is 0.329. The van der Waals surface area contributed by atoms with Gasteiger partial charge in [0.15, 0.2) is 0 Å². The summed E-state index contributed by atoms with van der Waals surface area (Å²) in [6, 6.07) is 44.0. The lowest BCUT2D eigenvalue weighted by atomic mass is 10.2. The number of halogens is 1. The first-order chi connectivity index (χ1) is 46.4. The summed E-state index contributed by atoms with van der Waals surface area (Å²) in [5.41, 5.74) is 12.1. The maximum Gasteiger partial charge on any atom is 0.123 e. The molecular formula is C82H112FN9O3S2. The van der Waals surface area contributed by atoms with Gasteiger partial charge in [0.2, 0.25) is 0 Å². The number of rotatable bonds is 2. The predicted molar refractivity (Wildman–Crippen MR) is 411 cm³/mol. The first-order valence-corrected chi connectivity index (χ1v) is 34.3. The maximum atomic E-state index is 12.1. The molecule has 97 heavy (non-hydrogen) atoms. The second-order valence-electron chi connectivity index (χ2n) is 21.9. The third-order valence-corrected chi connectivity index (χ3v) is 14.4. The van der Waals surface area contributed by atoms with Crippen molar-refractivity contribution in [2.45, 2.75) is 131 Å². The van der Waals surface area contributed by atoms with Crippen LogP contribution in [0.2, 0.25) is 0 Å². The number of nitrogens with zero attached hydrogens (tertiary/aromatic N) is 9. The van der Waals surface area contributed by atoms with Gasteiger partial charge < -0.3 is 18.5 Å². The SMILES string of the molecule is C.CC1=CCC=C1.CCN1CCCC1.CCN1CCOCC1.Cc1ccc(F)cc1.Cc1ccccc1.Cc1ccccn1.Cc1cccnc1.Cc1cccnc1.Cc1ccco1.Cc1ccncc1.Cc1ccncc1.Cc1ccoc1.Cc1csc(C)n1.Cc1nccs1. The molecule has 1 aliphatic carbocycles. The van der Waals surface area contributed by atoms with Crippen molar-refractivity contribution in [2.75, 3.05) is 52.5 Å². The fourth-order valence-corrected chi connectivity index (χ4v) is 8.35. The molecule has 0 amide bonds. The van der Waals surface area contributed by atoms with Crippen LogP contribution in [0.1, 0.15) is 114 Å². The van der Waals surface area contributed by atoms with Crippen molar-refractivity contribution in [1.29, 1.82) is 0 Å². The first kappa shape index (κ1) is 88.3. The van der Waals surface area contributed by atoms with E-state index in [0.717, 1.165) is 65.5 Å². The number of hydrogen-bond donors (Lipinski definition) is 0. The van der Waals surface area contributed by atoms with E-state index in [2.05, 4.69) is 108 Å². The number of hydrogen-bond acceptors (Lipinski definition) is 14. The smallest absolute Gasteiger partial charge is 0.123 e. The standard InChI is InChI=1S/C7H7F.C7H8.C6H13NO.5C6H7N.C6H13N.C6H8.C5H7NS.2C5H6O.C4H5NS.CH4/c1-6-2-4-7(8)5-3-6;1-7-5-3-2-4-6-7;1-2-7-3-5-8-6-4-7;2*1-6-2-4-7-5-3-6;2*1-6-3-2-4-7-5-6;1-6-4-2-3-5-7-6;1-2-7-5-3-4-6-7;1-6-4-2-3-5-6;1-4-3-7-5(2)6-4;1-5-2-3-6-4-5;1-5-3-2-4-6-5;1-4-5-2-3-6-4;/h2-5H,1H3;2-6H,1H3;2-6H2,1H3;5*2-5H,1H3;2-6H2,1H3;2,4-5H,3H2,1H3;3H,1-2H3;2*2-4H,1H3;2-3H,1H3;1H4. The molecule has 2 fully saturated rings. The Balaban J connectivity index is 0.00000102. The van der Waals surface area contributed by atoms with Crippen LogP contribution in [0.3, 0.4) is 0 Å². The molecule has 0 atom stereocenters. The van der Waals surface area contributed by atoms with E-state index in [-0.39, 0.29) is 13.2 Å². The number of likely N-dealkylation sites (tertiary alicyclic amines) is 1. The van der Waals surface area contributed by atoms with Crippen molar-refractivity contribution in [2.24, 2.45) is 0 Å². The van der Waals surface area contributed by atoms with Crippen molar-refractivity contribution in [3.05, 3.63) is 327 Å². The van der Waals surface area contributed by atoms with E-state index < -0.39 is 0 Å². The Labute approximate surface area is 591 Å². The molecule has 0 unspecified atom stereocenters. The van der Waals surface area contributed by atoms with Gasteiger partial charge in [-0.2, -0.15) is 0 Å². The highest BCUT2D eigenvalue weighted by atomic mass is 32.1. The molecule has 2 saturated heterocycles. The lowest BCUT2D eigenvalue weighted by Crippen LogP contribution is -2.35. The molecule has 522 valence electrons. The highest BCUT2D eigenvalue weighted by Gasteiger charge is 2.07. The van der Waals surface area contributed by atoms with Gasteiger partial charge >= 0.3 is 0 Å². The van der Waals surface area contributed by atoms with E-state index in [9.17, 15) is 4.39 Å². The summed E-state index contributed by atoms with van der Waals surface area (Å²) in [7, 11) is 0. The summed E-state index contributed by atoms with van der Waals surface area (Å²) in [6.45, 7) is 39.8. The van der Waals surface area contributed by atoms with Gasteiger partial charge in [0.05, 0.1) is 42.0 Å². The summed E-state index contributed by atoms with van der Waals surface area (Å²) >= 11 is 3.36. The van der Waals surface area contributed by atoms with Gasteiger partial charge in [-0.25, -0.2) is 9.37 Å². The number of aromatic nitrogens is 7. The molecule has 12 nitrogen and oxygen atoms in total. The number of furan rings is 2. The van der Waals surface area contributed by atoms with Gasteiger partial charge in [-0.1, -0.05) is 117 Å². The van der Waals surface area contributed by atoms with Crippen LogP contribution >= 0.6 is 22.7 Å². The summed E-state index contributed by atoms with van der Waals surface area (Å²) in [5, 5.41) is 6.30. The normalized spacial score (nSPS) is 11.6. The molecule has 0 radical (unpaired) electrons. The number of thiazole rings is 2. The van der Waals surface area contributed by atoms with Crippen LogP contribution in [0.15, 0.2) is 264 Å². The molecule has 11 heterocycles. The Morgan fingerprint density at radius 1 is 0.454 bits per heavy atom. The summed E-state index contributed by atoms with van der Waals surface area (Å²) in [6.07, 6.45) is 33.5. The van der Waals surface area contributed by atoms with Gasteiger partial charge in [-0.3, -0.25) is 34.8 Å². The largest absolute Gasteiger partial charge is 0.472 e.